The fourth-order valence-electron chi connectivity index (χ4n) is 1.57. The minimum Gasteiger partial charge on any atom is -0.468 e. The van der Waals surface area contributed by atoms with Crippen molar-refractivity contribution in [2.75, 3.05) is 33.3 Å². The van der Waals surface area contributed by atoms with Crippen LogP contribution in [0.4, 0.5) is 0 Å². The highest BCUT2D eigenvalue weighted by molar-refractivity contribution is 7.09. The van der Waals surface area contributed by atoms with E-state index < -0.39 is 0 Å². The number of carbonyl (C=O) groups is 2. The fraction of sp³-hybridized carbons (Fsp3) is 0.538. The van der Waals surface area contributed by atoms with Crippen molar-refractivity contribution in [3.63, 3.8) is 0 Å². The second kappa shape index (κ2) is 8.66. The number of esters is 1. The summed E-state index contributed by atoms with van der Waals surface area (Å²) in [5.74, 6) is -0.393. The summed E-state index contributed by atoms with van der Waals surface area (Å²) in [6.45, 7) is 3.52. The maximum atomic E-state index is 11.7. The van der Waals surface area contributed by atoms with Crippen LogP contribution >= 0.6 is 11.3 Å². The first kappa shape index (κ1) is 15.7. The maximum Gasteiger partial charge on any atom is 0.319 e. The number of amides is 1. The molecule has 1 aromatic rings. The lowest BCUT2D eigenvalue weighted by atomic mass is 10.3. The van der Waals surface area contributed by atoms with Crippen molar-refractivity contribution in [3.05, 3.63) is 22.4 Å². The molecule has 0 bridgehead atoms. The number of hydrogen-bond donors (Lipinski definition) is 1. The number of likely N-dealkylation sites (N-methyl/N-ethyl adjacent to an activating group) is 1. The van der Waals surface area contributed by atoms with Crippen LogP contribution < -0.4 is 5.32 Å². The number of ether oxygens (including phenoxy) is 1. The van der Waals surface area contributed by atoms with Crippen molar-refractivity contribution in [2.45, 2.75) is 13.3 Å². The summed E-state index contributed by atoms with van der Waals surface area (Å²) in [6.07, 6.45) is 0.840. The number of methoxy groups -OCH3 is 1. The molecule has 1 rings (SSSR count). The van der Waals surface area contributed by atoms with E-state index in [1.165, 1.54) is 12.0 Å². The predicted molar refractivity (Wildman–Crippen MR) is 75.2 cm³/mol. The summed E-state index contributed by atoms with van der Waals surface area (Å²) in [7, 11) is 1.34. The molecule has 0 saturated heterocycles. The second-order valence-corrected chi connectivity index (χ2v) is 5.09. The van der Waals surface area contributed by atoms with Gasteiger partial charge in [0.2, 0.25) is 5.91 Å². The number of thiophene rings is 1. The van der Waals surface area contributed by atoms with E-state index in [1.54, 1.807) is 16.2 Å². The molecular formula is C13H20N2O3S. The van der Waals surface area contributed by atoms with Gasteiger partial charge in [0.15, 0.2) is 0 Å². The molecule has 0 aliphatic rings. The molecule has 0 aliphatic heterocycles. The zero-order valence-electron chi connectivity index (χ0n) is 11.3. The predicted octanol–water partition coefficient (Wildman–Crippen LogP) is 0.902. The minimum atomic E-state index is -0.326. The Bertz CT molecular complexity index is 393. The molecule has 1 aromatic heterocycles. The van der Waals surface area contributed by atoms with Gasteiger partial charge in [-0.15, -0.1) is 11.3 Å². The molecule has 19 heavy (non-hydrogen) atoms. The van der Waals surface area contributed by atoms with Gasteiger partial charge in [-0.2, -0.15) is 0 Å². The quantitative estimate of drug-likeness (QED) is 0.721. The number of hydrogen-bond acceptors (Lipinski definition) is 5. The Kier molecular flexibility index (Phi) is 7.14. The van der Waals surface area contributed by atoms with Gasteiger partial charge in [0.25, 0.3) is 0 Å². The summed E-state index contributed by atoms with van der Waals surface area (Å²) < 4.78 is 4.58. The molecule has 0 radical (unpaired) electrons. The van der Waals surface area contributed by atoms with Crippen LogP contribution in [0.5, 0.6) is 0 Å². The average molecular weight is 284 g/mol. The van der Waals surface area contributed by atoms with Gasteiger partial charge >= 0.3 is 5.97 Å². The van der Waals surface area contributed by atoms with Crippen LogP contribution in [0.3, 0.4) is 0 Å². The molecule has 0 aromatic carbocycles. The first-order valence-corrected chi connectivity index (χ1v) is 7.12. The van der Waals surface area contributed by atoms with Crippen LogP contribution in [-0.2, 0) is 20.7 Å². The molecule has 1 heterocycles. The Morgan fingerprint density at radius 2 is 2.21 bits per heavy atom. The number of nitrogens with one attached hydrogen (secondary N) is 1. The standard InChI is InChI=1S/C13H20N2O3S/c1-3-15(10-13(17)18-2)9-12(16)14-7-6-11-5-4-8-19-11/h4-5,8H,3,6-7,9-10H2,1-2H3,(H,14,16). The van der Waals surface area contributed by atoms with E-state index in [-0.39, 0.29) is 25.0 Å². The first-order chi connectivity index (χ1) is 9.15. The molecule has 1 amide bonds. The van der Waals surface area contributed by atoms with Gasteiger partial charge in [-0.1, -0.05) is 13.0 Å². The van der Waals surface area contributed by atoms with Gasteiger partial charge in [-0.25, -0.2) is 0 Å². The summed E-state index contributed by atoms with van der Waals surface area (Å²) >= 11 is 1.68. The smallest absolute Gasteiger partial charge is 0.319 e. The molecule has 1 N–H and O–H groups in total. The van der Waals surface area contributed by atoms with Crippen LogP contribution in [0.2, 0.25) is 0 Å². The summed E-state index contributed by atoms with van der Waals surface area (Å²) in [6, 6.07) is 4.05. The van der Waals surface area contributed by atoms with E-state index in [0.29, 0.717) is 13.1 Å². The van der Waals surface area contributed by atoms with E-state index in [1.807, 2.05) is 24.4 Å². The van der Waals surface area contributed by atoms with Crippen molar-refractivity contribution < 1.29 is 14.3 Å². The molecule has 5 nitrogen and oxygen atoms in total. The van der Waals surface area contributed by atoms with Crippen molar-refractivity contribution in [1.29, 1.82) is 0 Å². The minimum absolute atomic E-state index is 0.0673. The molecular weight excluding hydrogens is 264 g/mol. The monoisotopic (exact) mass is 284 g/mol. The van der Waals surface area contributed by atoms with E-state index in [4.69, 9.17) is 0 Å². The molecule has 0 atom stereocenters. The fourth-order valence-corrected chi connectivity index (χ4v) is 2.27. The van der Waals surface area contributed by atoms with Gasteiger partial charge in [-0.05, 0) is 24.4 Å². The third kappa shape index (κ3) is 6.35. The normalized spacial score (nSPS) is 10.5. The second-order valence-electron chi connectivity index (χ2n) is 4.06. The molecule has 6 heteroatoms. The summed E-state index contributed by atoms with van der Waals surface area (Å²) in [5.41, 5.74) is 0. The highest BCUT2D eigenvalue weighted by Gasteiger charge is 2.12. The molecule has 0 spiro atoms. The van der Waals surface area contributed by atoms with E-state index in [2.05, 4.69) is 10.1 Å². The van der Waals surface area contributed by atoms with Gasteiger partial charge < -0.3 is 10.1 Å². The van der Waals surface area contributed by atoms with E-state index >= 15 is 0 Å². The van der Waals surface area contributed by atoms with Gasteiger partial charge in [-0.3, -0.25) is 14.5 Å². The Morgan fingerprint density at radius 1 is 1.42 bits per heavy atom. The zero-order chi connectivity index (χ0) is 14.1. The Morgan fingerprint density at radius 3 is 2.79 bits per heavy atom. The summed E-state index contributed by atoms with van der Waals surface area (Å²) in [4.78, 5) is 25.8. The molecule has 0 aliphatic carbocycles. The number of nitrogens with zero attached hydrogens (tertiary/aromatic N) is 1. The largest absolute Gasteiger partial charge is 0.468 e. The van der Waals surface area contributed by atoms with Crippen LogP contribution in [0.25, 0.3) is 0 Å². The average Bonchev–Trinajstić information content (AvgIpc) is 2.90. The summed E-state index contributed by atoms with van der Waals surface area (Å²) in [5, 5.41) is 4.87. The first-order valence-electron chi connectivity index (χ1n) is 6.24. The zero-order valence-corrected chi connectivity index (χ0v) is 12.2. The van der Waals surface area contributed by atoms with Gasteiger partial charge in [0.1, 0.15) is 0 Å². The van der Waals surface area contributed by atoms with Crippen molar-refractivity contribution in [2.24, 2.45) is 0 Å². The maximum absolute atomic E-state index is 11.7. The van der Waals surface area contributed by atoms with Crippen LogP contribution in [-0.4, -0.2) is 50.1 Å². The highest BCUT2D eigenvalue weighted by atomic mass is 32.1. The van der Waals surface area contributed by atoms with Crippen molar-refractivity contribution >= 4 is 23.2 Å². The third-order valence-corrected chi connectivity index (χ3v) is 3.60. The molecule has 106 valence electrons. The molecule has 0 fully saturated rings. The van der Waals surface area contributed by atoms with Crippen molar-refractivity contribution in [3.8, 4) is 0 Å². The SMILES string of the molecule is CCN(CC(=O)NCCc1cccs1)CC(=O)OC. The third-order valence-electron chi connectivity index (χ3n) is 2.67. The van der Waals surface area contributed by atoms with E-state index in [9.17, 15) is 9.59 Å². The van der Waals surface area contributed by atoms with Crippen LogP contribution in [0.1, 0.15) is 11.8 Å². The Balaban J connectivity index is 2.23. The Hall–Kier alpha value is -1.40. The highest BCUT2D eigenvalue weighted by Crippen LogP contribution is 2.07. The van der Waals surface area contributed by atoms with Crippen molar-refractivity contribution in [1.82, 2.24) is 10.2 Å². The molecule has 0 saturated carbocycles. The lowest BCUT2D eigenvalue weighted by molar-refractivity contribution is -0.142. The van der Waals surface area contributed by atoms with Crippen LogP contribution in [0, 0.1) is 0 Å². The Labute approximate surface area is 117 Å². The lowest BCUT2D eigenvalue weighted by Crippen LogP contribution is -2.40. The van der Waals surface area contributed by atoms with E-state index in [0.717, 1.165) is 6.42 Å². The van der Waals surface area contributed by atoms with Crippen LogP contribution in [0.15, 0.2) is 17.5 Å². The topological polar surface area (TPSA) is 58.6 Å². The lowest BCUT2D eigenvalue weighted by Gasteiger charge is -2.18. The van der Waals surface area contributed by atoms with Gasteiger partial charge in [0.05, 0.1) is 20.2 Å². The number of rotatable bonds is 8. The number of carbonyl (C=O) groups excluding carboxylic acids is 2. The molecule has 0 unspecified atom stereocenters. The van der Waals surface area contributed by atoms with Gasteiger partial charge in [0, 0.05) is 11.4 Å².